The molecule has 3 heterocycles. The maximum atomic E-state index is 13.9. The highest BCUT2D eigenvalue weighted by atomic mass is 19.4. The quantitative estimate of drug-likeness (QED) is 0.217. The molecule has 6 rings (SSSR count). The molecular formula is C32H31F3N8O2. The number of aromatic nitrogens is 4. The van der Waals surface area contributed by atoms with E-state index in [9.17, 15) is 23.1 Å². The van der Waals surface area contributed by atoms with Gasteiger partial charge in [0, 0.05) is 61.5 Å². The number of benzene rings is 3. The minimum Gasteiger partial charge on any atom is -0.395 e. The fourth-order valence-electron chi connectivity index (χ4n) is 5.38. The van der Waals surface area contributed by atoms with E-state index in [1.807, 2.05) is 45.6 Å². The largest absolute Gasteiger partial charge is 0.416 e. The number of alkyl halides is 3. The van der Waals surface area contributed by atoms with Gasteiger partial charge in [-0.25, -0.2) is 15.0 Å². The third-order valence-electron chi connectivity index (χ3n) is 7.76. The summed E-state index contributed by atoms with van der Waals surface area (Å²) in [5.74, 6) is 0.436. The van der Waals surface area contributed by atoms with Crippen molar-refractivity contribution in [1.29, 1.82) is 0 Å². The van der Waals surface area contributed by atoms with Crippen molar-refractivity contribution in [3.05, 3.63) is 95.9 Å². The lowest BCUT2D eigenvalue weighted by Crippen LogP contribution is -2.47. The van der Waals surface area contributed by atoms with Crippen LogP contribution in [0.15, 0.2) is 79.3 Å². The Morgan fingerprint density at radius 3 is 2.53 bits per heavy atom. The number of fused-ring (bicyclic) bond motifs is 1. The molecule has 13 heteroatoms. The zero-order chi connectivity index (χ0) is 31.6. The van der Waals surface area contributed by atoms with E-state index >= 15 is 0 Å². The number of rotatable bonds is 8. The standard InChI is InChI=1S/C32H31F3N8O2/c1-21-6-7-24(19-27(21)40-31-39-26-4-2-3-5-28(26)43(31)29-8-9-36-20-37-29)38-30(45)22-16-23(32(33,34)35)18-25(17-22)42-12-10-41(11-13-42)14-15-44/h2-9,16-20,44H,10-15H2,1H3,(H,38,45)(H,39,40). The summed E-state index contributed by atoms with van der Waals surface area (Å²) in [5.41, 5.74) is 2.81. The third-order valence-corrected chi connectivity index (χ3v) is 7.76. The number of para-hydroxylation sites is 2. The third kappa shape index (κ3) is 6.59. The summed E-state index contributed by atoms with van der Waals surface area (Å²) in [5, 5.41) is 15.3. The Balaban J connectivity index is 1.27. The van der Waals surface area contributed by atoms with E-state index in [1.54, 1.807) is 30.5 Å². The molecule has 232 valence electrons. The van der Waals surface area contributed by atoms with Gasteiger partial charge in [0.1, 0.15) is 12.1 Å². The van der Waals surface area contributed by atoms with Crippen LogP contribution in [0.2, 0.25) is 0 Å². The summed E-state index contributed by atoms with van der Waals surface area (Å²) in [6.07, 6.45) is -1.54. The van der Waals surface area contributed by atoms with E-state index in [-0.39, 0.29) is 12.2 Å². The van der Waals surface area contributed by atoms with Crippen LogP contribution >= 0.6 is 0 Å². The molecule has 3 N–H and O–H groups in total. The Hall–Kier alpha value is -5.01. The lowest BCUT2D eigenvalue weighted by Gasteiger charge is -2.36. The molecular weight excluding hydrogens is 585 g/mol. The summed E-state index contributed by atoms with van der Waals surface area (Å²) < 4.78 is 43.5. The summed E-state index contributed by atoms with van der Waals surface area (Å²) in [4.78, 5) is 30.4. The minimum absolute atomic E-state index is 0.0199. The van der Waals surface area contributed by atoms with E-state index < -0.39 is 17.6 Å². The Morgan fingerprint density at radius 1 is 1.00 bits per heavy atom. The average Bonchev–Trinajstić information content (AvgIpc) is 3.41. The Labute approximate surface area is 257 Å². The van der Waals surface area contributed by atoms with Crippen molar-refractivity contribution in [3.8, 4) is 5.82 Å². The molecule has 1 amide bonds. The van der Waals surface area contributed by atoms with Crippen LogP contribution in [-0.4, -0.2) is 74.8 Å². The number of nitrogens with one attached hydrogen (secondary N) is 2. The topological polar surface area (TPSA) is 111 Å². The number of imidazole rings is 1. The number of carbonyl (C=O) groups is 1. The number of anilines is 4. The summed E-state index contributed by atoms with van der Waals surface area (Å²) >= 11 is 0. The van der Waals surface area contributed by atoms with E-state index in [2.05, 4.69) is 20.6 Å². The van der Waals surface area contributed by atoms with E-state index in [1.165, 1.54) is 12.4 Å². The number of halogens is 3. The second-order valence-electron chi connectivity index (χ2n) is 10.8. The van der Waals surface area contributed by atoms with Crippen LogP contribution < -0.4 is 15.5 Å². The predicted molar refractivity (Wildman–Crippen MR) is 166 cm³/mol. The first-order valence-electron chi connectivity index (χ1n) is 14.4. The lowest BCUT2D eigenvalue weighted by atomic mass is 10.1. The van der Waals surface area contributed by atoms with Gasteiger partial charge < -0.3 is 20.6 Å². The van der Waals surface area contributed by atoms with E-state index in [0.29, 0.717) is 61.6 Å². The van der Waals surface area contributed by atoms with Gasteiger partial charge in [0.25, 0.3) is 5.91 Å². The first kappa shape index (κ1) is 30.0. The molecule has 1 aliphatic rings. The van der Waals surface area contributed by atoms with Crippen LogP contribution in [0.4, 0.5) is 36.2 Å². The lowest BCUT2D eigenvalue weighted by molar-refractivity contribution is -0.137. The van der Waals surface area contributed by atoms with Crippen molar-refractivity contribution >= 4 is 40.0 Å². The molecule has 3 aromatic carbocycles. The van der Waals surface area contributed by atoms with Crippen molar-refractivity contribution in [2.75, 3.05) is 54.9 Å². The van der Waals surface area contributed by atoms with Crippen LogP contribution in [0, 0.1) is 6.92 Å². The highest BCUT2D eigenvalue weighted by Crippen LogP contribution is 2.34. The van der Waals surface area contributed by atoms with Crippen LogP contribution in [0.25, 0.3) is 16.9 Å². The van der Waals surface area contributed by atoms with Gasteiger partial charge >= 0.3 is 6.18 Å². The molecule has 0 saturated carbocycles. The maximum absolute atomic E-state index is 13.9. The van der Waals surface area contributed by atoms with Crippen molar-refractivity contribution in [2.24, 2.45) is 0 Å². The Kier molecular flexibility index (Phi) is 8.37. The molecule has 0 spiro atoms. The number of carbonyl (C=O) groups excluding carboxylic acids is 1. The number of amides is 1. The first-order chi connectivity index (χ1) is 21.7. The molecule has 0 aliphatic carbocycles. The number of β-amino-alcohol motifs (C(OH)–C–C–N with tert-alkyl or cyclic N) is 1. The average molecular weight is 617 g/mol. The van der Waals surface area contributed by atoms with Crippen molar-refractivity contribution in [2.45, 2.75) is 13.1 Å². The first-order valence-corrected chi connectivity index (χ1v) is 14.4. The van der Waals surface area contributed by atoms with E-state index in [4.69, 9.17) is 4.98 Å². The SMILES string of the molecule is Cc1ccc(NC(=O)c2cc(N3CCN(CCO)CC3)cc(C(F)(F)F)c2)cc1Nc1nc2ccccc2n1-c1ccncn1. The minimum atomic E-state index is -4.63. The highest BCUT2D eigenvalue weighted by Gasteiger charge is 2.33. The number of hydrogen-bond donors (Lipinski definition) is 3. The van der Waals surface area contributed by atoms with Gasteiger partial charge in [-0.3, -0.25) is 14.3 Å². The number of aliphatic hydroxyl groups is 1. The molecule has 2 aromatic heterocycles. The second-order valence-corrected chi connectivity index (χ2v) is 10.8. The second kappa shape index (κ2) is 12.5. The molecule has 0 bridgehead atoms. The van der Waals surface area contributed by atoms with Gasteiger partial charge in [-0.05, 0) is 61.0 Å². The monoisotopic (exact) mass is 616 g/mol. The van der Waals surface area contributed by atoms with Crippen LogP contribution in [0.5, 0.6) is 0 Å². The summed E-state index contributed by atoms with van der Waals surface area (Å²) in [6, 6.07) is 18.0. The highest BCUT2D eigenvalue weighted by molar-refractivity contribution is 6.05. The number of nitrogens with zero attached hydrogens (tertiary/aromatic N) is 6. The number of piperazine rings is 1. The normalized spacial score (nSPS) is 14.1. The maximum Gasteiger partial charge on any atom is 0.416 e. The summed E-state index contributed by atoms with van der Waals surface area (Å²) in [7, 11) is 0. The van der Waals surface area contributed by atoms with Gasteiger partial charge in [-0.2, -0.15) is 13.2 Å². The molecule has 1 aliphatic heterocycles. The molecule has 1 fully saturated rings. The zero-order valence-electron chi connectivity index (χ0n) is 24.4. The number of hydrogen-bond acceptors (Lipinski definition) is 8. The summed E-state index contributed by atoms with van der Waals surface area (Å²) in [6.45, 7) is 4.59. The van der Waals surface area contributed by atoms with Crippen LogP contribution in [0.3, 0.4) is 0 Å². The Bertz CT molecular complexity index is 1820. The van der Waals surface area contributed by atoms with Gasteiger partial charge in [0.2, 0.25) is 5.95 Å². The molecule has 0 atom stereocenters. The Morgan fingerprint density at radius 2 is 1.80 bits per heavy atom. The van der Waals surface area contributed by atoms with Crippen molar-refractivity contribution in [1.82, 2.24) is 24.4 Å². The molecule has 10 nitrogen and oxygen atoms in total. The molecule has 0 unspecified atom stereocenters. The van der Waals surface area contributed by atoms with Gasteiger partial charge in [-0.15, -0.1) is 0 Å². The van der Waals surface area contributed by atoms with Gasteiger partial charge in [0.15, 0.2) is 0 Å². The van der Waals surface area contributed by atoms with Crippen LogP contribution in [0.1, 0.15) is 21.5 Å². The predicted octanol–water partition coefficient (Wildman–Crippen LogP) is 5.25. The smallest absolute Gasteiger partial charge is 0.395 e. The molecule has 1 saturated heterocycles. The number of aliphatic hydroxyl groups excluding tert-OH is 1. The molecule has 5 aromatic rings. The fourth-order valence-corrected chi connectivity index (χ4v) is 5.38. The number of aryl methyl sites for hydroxylation is 1. The molecule has 0 radical (unpaired) electrons. The van der Waals surface area contributed by atoms with E-state index in [0.717, 1.165) is 28.7 Å². The van der Waals surface area contributed by atoms with Crippen LogP contribution in [-0.2, 0) is 6.18 Å². The van der Waals surface area contributed by atoms with Gasteiger partial charge in [-0.1, -0.05) is 18.2 Å². The fraction of sp³-hybridized carbons (Fsp3) is 0.250. The van der Waals surface area contributed by atoms with Crippen molar-refractivity contribution < 1.29 is 23.1 Å². The van der Waals surface area contributed by atoms with Crippen molar-refractivity contribution in [3.63, 3.8) is 0 Å². The zero-order valence-corrected chi connectivity index (χ0v) is 24.4. The molecule has 45 heavy (non-hydrogen) atoms. The van der Waals surface area contributed by atoms with Gasteiger partial charge in [0.05, 0.1) is 23.2 Å².